The van der Waals surface area contributed by atoms with Gasteiger partial charge in [0.2, 0.25) is 0 Å². The van der Waals surface area contributed by atoms with E-state index in [2.05, 4.69) is 49.4 Å². The molecule has 0 amide bonds. The van der Waals surface area contributed by atoms with Gasteiger partial charge >= 0.3 is 0 Å². The van der Waals surface area contributed by atoms with Crippen molar-refractivity contribution >= 4 is 23.2 Å². The standard InChI is InChI=1S/C22H20N2O2S/c1-15-9-11-16(12-10-15)20-14-22(17-5-4-6-18(13-17)24(25)26)27-21-8-3-2-7-19(21)23-20/h2-13,19,21-22H,14H2,1H3/t19-,21-,22-/m0/s1. The molecule has 0 fully saturated rings. The van der Waals surface area contributed by atoms with Gasteiger partial charge in [-0.1, -0.05) is 66.3 Å². The van der Waals surface area contributed by atoms with Gasteiger partial charge in [0.15, 0.2) is 0 Å². The number of nitro benzene ring substituents is 1. The van der Waals surface area contributed by atoms with Crippen LogP contribution in [0.25, 0.3) is 0 Å². The van der Waals surface area contributed by atoms with Crippen molar-refractivity contribution in [3.8, 4) is 0 Å². The number of allylic oxidation sites excluding steroid dienone is 2. The van der Waals surface area contributed by atoms with Gasteiger partial charge < -0.3 is 0 Å². The summed E-state index contributed by atoms with van der Waals surface area (Å²) >= 11 is 1.84. The van der Waals surface area contributed by atoms with Gasteiger partial charge in [0.25, 0.3) is 5.69 Å². The number of nitro groups is 1. The molecule has 2 aliphatic rings. The van der Waals surface area contributed by atoms with Crippen LogP contribution in [0.4, 0.5) is 5.69 Å². The minimum Gasteiger partial charge on any atom is -0.280 e. The van der Waals surface area contributed by atoms with Crippen molar-refractivity contribution in [1.82, 2.24) is 0 Å². The van der Waals surface area contributed by atoms with E-state index in [1.54, 1.807) is 18.2 Å². The lowest BCUT2D eigenvalue weighted by Gasteiger charge is -2.22. The van der Waals surface area contributed by atoms with Crippen LogP contribution in [0.15, 0.2) is 77.8 Å². The van der Waals surface area contributed by atoms with E-state index in [1.165, 1.54) is 5.56 Å². The number of hydrogen-bond donors (Lipinski definition) is 0. The number of hydrogen-bond acceptors (Lipinski definition) is 4. The lowest BCUT2D eigenvalue weighted by molar-refractivity contribution is -0.384. The average molecular weight is 376 g/mol. The monoisotopic (exact) mass is 376 g/mol. The second kappa shape index (κ2) is 7.53. The molecule has 0 saturated carbocycles. The van der Waals surface area contributed by atoms with Gasteiger partial charge in [-0.2, -0.15) is 0 Å². The predicted molar refractivity (Wildman–Crippen MR) is 112 cm³/mol. The first-order valence-electron chi connectivity index (χ1n) is 8.99. The highest BCUT2D eigenvalue weighted by Gasteiger charge is 2.30. The lowest BCUT2D eigenvalue weighted by atomic mass is 9.99. The Hall–Kier alpha value is -2.66. The Kier molecular flexibility index (Phi) is 4.94. The second-order valence-corrected chi connectivity index (χ2v) is 8.23. The molecule has 3 atom stereocenters. The van der Waals surface area contributed by atoms with Crippen LogP contribution in [0.5, 0.6) is 0 Å². The number of thioether (sulfide) groups is 1. The summed E-state index contributed by atoms with van der Waals surface area (Å²) in [6.45, 7) is 2.07. The van der Waals surface area contributed by atoms with Crippen LogP contribution in [0.1, 0.15) is 28.4 Å². The molecule has 0 unspecified atom stereocenters. The van der Waals surface area contributed by atoms with E-state index in [9.17, 15) is 10.1 Å². The molecule has 136 valence electrons. The van der Waals surface area contributed by atoms with Gasteiger partial charge in [0, 0.05) is 34.8 Å². The van der Waals surface area contributed by atoms with Crippen LogP contribution in [0.3, 0.4) is 0 Å². The molecule has 0 bridgehead atoms. The van der Waals surface area contributed by atoms with E-state index in [0.29, 0.717) is 0 Å². The first kappa shape index (κ1) is 17.7. The summed E-state index contributed by atoms with van der Waals surface area (Å²) in [5, 5.41) is 11.6. The van der Waals surface area contributed by atoms with Crippen LogP contribution in [-0.4, -0.2) is 21.9 Å². The van der Waals surface area contributed by atoms with Gasteiger partial charge in [-0.25, -0.2) is 0 Å². The molecule has 0 saturated heterocycles. The largest absolute Gasteiger partial charge is 0.280 e. The fraction of sp³-hybridized carbons (Fsp3) is 0.227. The topological polar surface area (TPSA) is 55.5 Å². The minimum atomic E-state index is -0.327. The molecule has 1 aliphatic heterocycles. The van der Waals surface area contributed by atoms with Crippen molar-refractivity contribution in [3.05, 3.63) is 99.6 Å². The number of fused-ring (bicyclic) bond motifs is 1. The predicted octanol–water partition coefficient (Wildman–Crippen LogP) is 5.43. The minimum absolute atomic E-state index is 0.0972. The van der Waals surface area contributed by atoms with Crippen LogP contribution in [-0.2, 0) is 0 Å². The summed E-state index contributed by atoms with van der Waals surface area (Å²) in [4.78, 5) is 15.9. The molecule has 1 aliphatic carbocycles. The molecule has 2 aromatic rings. The van der Waals surface area contributed by atoms with E-state index in [0.717, 1.165) is 23.3 Å². The lowest BCUT2D eigenvalue weighted by Crippen LogP contribution is -2.19. The Bertz CT molecular complexity index is 947. The third-order valence-corrected chi connectivity index (χ3v) is 6.42. The van der Waals surface area contributed by atoms with E-state index in [-0.39, 0.29) is 27.2 Å². The van der Waals surface area contributed by atoms with Gasteiger partial charge in [0.1, 0.15) is 0 Å². The molecule has 2 aromatic carbocycles. The summed E-state index contributed by atoms with van der Waals surface area (Å²) in [7, 11) is 0. The zero-order valence-electron chi connectivity index (χ0n) is 15.0. The quantitative estimate of drug-likeness (QED) is 0.530. The maximum Gasteiger partial charge on any atom is 0.269 e. The smallest absolute Gasteiger partial charge is 0.269 e. The highest BCUT2D eigenvalue weighted by Crippen LogP contribution is 2.42. The van der Waals surface area contributed by atoms with Crippen LogP contribution in [0.2, 0.25) is 0 Å². The van der Waals surface area contributed by atoms with Crippen LogP contribution < -0.4 is 0 Å². The third kappa shape index (κ3) is 3.88. The third-order valence-electron chi connectivity index (χ3n) is 4.90. The fourth-order valence-electron chi connectivity index (χ4n) is 3.44. The van der Waals surface area contributed by atoms with Crippen molar-refractivity contribution in [2.24, 2.45) is 4.99 Å². The number of benzene rings is 2. The number of non-ortho nitro benzene ring substituents is 1. The SMILES string of the molecule is Cc1ccc(C2=N[C@H]3C=CC=C[C@@H]3S[C@H](c3cccc([N+](=O)[O-])c3)C2)cc1. The summed E-state index contributed by atoms with van der Waals surface area (Å²) in [6, 6.07) is 15.5. The molecular formula is C22H20N2O2S. The van der Waals surface area contributed by atoms with E-state index >= 15 is 0 Å². The second-order valence-electron chi connectivity index (χ2n) is 6.85. The molecule has 0 N–H and O–H groups in total. The van der Waals surface area contributed by atoms with Crippen molar-refractivity contribution < 1.29 is 4.92 Å². The summed E-state index contributed by atoms with van der Waals surface area (Å²) in [6.07, 6.45) is 9.18. The average Bonchev–Trinajstić information content (AvgIpc) is 2.88. The van der Waals surface area contributed by atoms with Gasteiger partial charge in [0.05, 0.1) is 11.0 Å². The molecule has 4 nitrogen and oxygen atoms in total. The first-order valence-corrected chi connectivity index (χ1v) is 9.93. The zero-order valence-corrected chi connectivity index (χ0v) is 15.8. The number of aryl methyl sites for hydroxylation is 1. The van der Waals surface area contributed by atoms with E-state index < -0.39 is 0 Å². The number of aliphatic imine (C=N–C) groups is 1. The van der Waals surface area contributed by atoms with Gasteiger partial charge in [-0.3, -0.25) is 15.1 Å². The number of rotatable bonds is 3. The Morgan fingerprint density at radius 1 is 1.11 bits per heavy atom. The Balaban J connectivity index is 1.73. The Morgan fingerprint density at radius 2 is 1.89 bits per heavy atom. The maximum atomic E-state index is 11.2. The van der Waals surface area contributed by atoms with Crippen molar-refractivity contribution in [2.75, 3.05) is 0 Å². The molecule has 0 radical (unpaired) electrons. The maximum absolute atomic E-state index is 11.2. The summed E-state index contributed by atoms with van der Waals surface area (Å²) in [5.41, 5.74) is 4.53. The van der Waals surface area contributed by atoms with Crippen molar-refractivity contribution in [3.63, 3.8) is 0 Å². The molecule has 0 spiro atoms. The highest BCUT2D eigenvalue weighted by molar-refractivity contribution is 8.00. The Morgan fingerprint density at radius 3 is 2.67 bits per heavy atom. The summed E-state index contributed by atoms with van der Waals surface area (Å²) in [5.74, 6) is 0. The van der Waals surface area contributed by atoms with Crippen molar-refractivity contribution in [1.29, 1.82) is 0 Å². The van der Waals surface area contributed by atoms with Crippen LogP contribution in [0, 0.1) is 17.0 Å². The van der Waals surface area contributed by atoms with E-state index in [1.807, 2.05) is 23.9 Å². The van der Waals surface area contributed by atoms with Crippen LogP contribution >= 0.6 is 11.8 Å². The molecule has 27 heavy (non-hydrogen) atoms. The summed E-state index contributed by atoms with van der Waals surface area (Å²) < 4.78 is 0. The molecule has 4 rings (SSSR count). The van der Waals surface area contributed by atoms with E-state index in [4.69, 9.17) is 4.99 Å². The fourth-order valence-corrected chi connectivity index (χ4v) is 4.87. The zero-order chi connectivity index (χ0) is 18.8. The molecule has 0 aromatic heterocycles. The molecule has 5 heteroatoms. The van der Waals surface area contributed by atoms with Crippen molar-refractivity contribution in [2.45, 2.75) is 29.9 Å². The Labute approximate surface area is 162 Å². The number of nitrogens with zero attached hydrogens (tertiary/aromatic N) is 2. The molecular weight excluding hydrogens is 356 g/mol. The highest BCUT2D eigenvalue weighted by atomic mass is 32.2. The molecule has 1 heterocycles. The first-order chi connectivity index (χ1) is 13.1. The van der Waals surface area contributed by atoms with Gasteiger partial charge in [-0.05, 0) is 18.1 Å². The van der Waals surface area contributed by atoms with Gasteiger partial charge in [-0.15, -0.1) is 11.8 Å². The normalized spacial score (nSPS) is 24.0.